The van der Waals surface area contributed by atoms with Crippen LogP contribution in [-0.4, -0.2) is 39.7 Å². The molecule has 186 valence electrons. The molecule has 0 unspecified atom stereocenters. The number of nitrogens with one attached hydrogen (secondary N) is 1. The highest BCUT2D eigenvalue weighted by atomic mass is 127. The van der Waals surface area contributed by atoms with E-state index in [9.17, 15) is 14.4 Å². The van der Waals surface area contributed by atoms with Crippen molar-refractivity contribution in [3.05, 3.63) is 99.1 Å². The number of carbonyl (C=O) groups excluding carboxylic acids is 3. The van der Waals surface area contributed by atoms with Gasteiger partial charge in [-0.1, -0.05) is 36.4 Å². The number of nitrogens with zero attached hydrogens (tertiary/aromatic N) is 2. The van der Waals surface area contributed by atoms with Crippen molar-refractivity contribution in [3.63, 3.8) is 0 Å². The Morgan fingerprint density at radius 1 is 0.973 bits per heavy atom. The fourth-order valence-electron chi connectivity index (χ4n) is 4.01. The van der Waals surface area contributed by atoms with Crippen molar-refractivity contribution >= 4 is 74.1 Å². The summed E-state index contributed by atoms with van der Waals surface area (Å²) in [6.45, 7) is 0.754. The normalized spacial score (nSPS) is 14.5. The van der Waals surface area contributed by atoms with Crippen LogP contribution in [0, 0.1) is 3.57 Å². The van der Waals surface area contributed by atoms with Crippen molar-refractivity contribution in [3.8, 4) is 5.75 Å². The fourth-order valence-corrected chi connectivity index (χ4v) is 5.20. The minimum atomic E-state index is -0.475. The largest absolute Gasteiger partial charge is 0.492 e. The Hall–Kier alpha value is -3.57. The molecule has 1 saturated heterocycles. The average molecular weight is 623 g/mol. The van der Waals surface area contributed by atoms with Gasteiger partial charge >= 0.3 is 0 Å². The molecule has 5 rings (SSSR count). The number of imide groups is 1. The molecule has 0 atom stereocenters. The van der Waals surface area contributed by atoms with Crippen LogP contribution in [-0.2, 0) is 16.1 Å². The number of hydrogen-bond acceptors (Lipinski definition) is 5. The number of halogens is 1. The van der Waals surface area contributed by atoms with E-state index in [-0.39, 0.29) is 11.4 Å². The van der Waals surface area contributed by atoms with Crippen molar-refractivity contribution in [2.45, 2.75) is 6.54 Å². The molecule has 1 N–H and O–H groups in total. The number of ether oxygens (including phenoxy) is 1. The minimum absolute atomic E-state index is 0.288. The number of para-hydroxylation sites is 2. The SMILES string of the molecule is O=C(CN1C(=O)S/C(=C\c2cn(CCOc3ccccc3)c3ccccc23)C1=O)Nc1ccc(I)cc1. The Morgan fingerprint density at radius 2 is 1.70 bits per heavy atom. The molecule has 1 aliphatic rings. The van der Waals surface area contributed by atoms with Crippen LogP contribution in [0.15, 0.2) is 90.0 Å². The lowest BCUT2D eigenvalue weighted by molar-refractivity contribution is -0.127. The molecule has 9 heteroatoms. The van der Waals surface area contributed by atoms with Crippen LogP contribution in [0.2, 0.25) is 0 Å². The summed E-state index contributed by atoms with van der Waals surface area (Å²) < 4.78 is 8.96. The lowest BCUT2D eigenvalue weighted by Crippen LogP contribution is -2.36. The van der Waals surface area contributed by atoms with E-state index in [1.165, 1.54) is 0 Å². The van der Waals surface area contributed by atoms with Crippen LogP contribution in [0.1, 0.15) is 5.56 Å². The number of thioether (sulfide) groups is 1. The maximum Gasteiger partial charge on any atom is 0.294 e. The van der Waals surface area contributed by atoms with E-state index >= 15 is 0 Å². The molecular formula is C28H22IN3O4S. The molecule has 1 fully saturated rings. The first-order valence-electron chi connectivity index (χ1n) is 11.5. The molecule has 0 spiro atoms. The Bertz CT molecular complexity index is 1500. The molecule has 0 saturated carbocycles. The van der Waals surface area contributed by atoms with Gasteiger partial charge in [0.2, 0.25) is 5.91 Å². The summed E-state index contributed by atoms with van der Waals surface area (Å²) in [5, 5.41) is 3.23. The van der Waals surface area contributed by atoms with Gasteiger partial charge in [-0.25, -0.2) is 0 Å². The zero-order chi connectivity index (χ0) is 25.8. The summed E-state index contributed by atoms with van der Waals surface area (Å²) in [5.74, 6) is -0.101. The summed E-state index contributed by atoms with van der Waals surface area (Å²) in [6.07, 6.45) is 3.68. The number of carbonyl (C=O) groups is 3. The first kappa shape index (κ1) is 25.1. The summed E-state index contributed by atoms with van der Waals surface area (Å²) >= 11 is 3.02. The first-order valence-corrected chi connectivity index (χ1v) is 13.4. The van der Waals surface area contributed by atoms with Gasteiger partial charge in [0.15, 0.2) is 0 Å². The second kappa shape index (κ2) is 11.2. The average Bonchev–Trinajstić information content (AvgIpc) is 3.38. The zero-order valence-corrected chi connectivity index (χ0v) is 22.6. The standard InChI is InChI=1S/C28H22IN3O4S/c29-20-10-12-21(13-11-20)30-26(33)18-32-27(34)25(37-28(32)35)16-19-17-31(24-9-5-4-8-23(19)24)14-15-36-22-6-2-1-3-7-22/h1-13,16-17H,14-15,18H2,(H,30,33)/b25-16-. The van der Waals surface area contributed by atoms with Crippen molar-refractivity contribution < 1.29 is 19.1 Å². The van der Waals surface area contributed by atoms with E-state index < -0.39 is 17.1 Å². The third-order valence-electron chi connectivity index (χ3n) is 5.75. The van der Waals surface area contributed by atoms with E-state index in [1.807, 2.05) is 72.9 Å². The molecule has 0 aliphatic carbocycles. The molecule has 37 heavy (non-hydrogen) atoms. The van der Waals surface area contributed by atoms with Gasteiger partial charge in [-0.15, -0.1) is 0 Å². The molecule has 3 aromatic carbocycles. The van der Waals surface area contributed by atoms with Crippen molar-refractivity contribution in [2.24, 2.45) is 0 Å². The maximum absolute atomic E-state index is 13.0. The van der Waals surface area contributed by atoms with Gasteiger partial charge in [0.1, 0.15) is 18.9 Å². The van der Waals surface area contributed by atoms with E-state index in [4.69, 9.17) is 4.74 Å². The monoisotopic (exact) mass is 623 g/mol. The smallest absolute Gasteiger partial charge is 0.294 e. The summed E-state index contributed by atoms with van der Waals surface area (Å²) in [6, 6.07) is 24.8. The van der Waals surface area contributed by atoms with E-state index in [0.717, 1.165) is 42.4 Å². The Labute approximate surface area is 231 Å². The lowest BCUT2D eigenvalue weighted by atomic mass is 10.1. The Morgan fingerprint density at radius 3 is 2.49 bits per heavy atom. The number of hydrogen-bond donors (Lipinski definition) is 1. The Kier molecular flexibility index (Phi) is 7.61. The van der Waals surface area contributed by atoms with Crippen molar-refractivity contribution in [1.29, 1.82) is 0 Å². The summed E-state index contributed by atoms with van der Waals surface area (Å²) in [5.41, 5.74) is 2.43. The number of amides is 3. The van der Waals surface area contributed by atoms with Gasteiger partial charge in [0.05, 0.1) is 11.4 Å². The molecule has 2 heterocycles. The van der Waals surface area contributed by atoms with Crippen LogP contribution >= 0.6 is 34.4 Å². The molecule has 0 radical (unpaired) electrons. The molecule has 3 amide bonds. The zero-order valence-electron chi connectivity index (χ0n) is 19.6. The van der Waals surface area contributed by atoms with E-state index in [2.05, 4.69) is 32.5 Å². The predicted octanol–water partition coefficient (Wildman–Crippen LogP) is 6.00. The van der Waals surface area contributed by atoms with Gasteiger partial charge in [0.25, 0.3) is 11.1 Å². The van der Waals surface area contributed by atoms with E-state index in [0.29, 0.717) is 18.8 Å². The molecule has 7 nitrogen and oxygen atoms in total. The van der Waals surface area contributed by atoms with Crippen LogP contribution in [0.3, 0.4) is 0 Å². The van der Waals surface area contributed by atoms with Crippen LogP contribution in [0.4, 0.5) is 10.5 Å². The number of rotatable bonds is 8. The second-order valence-electron chi connectivity index (χ2n) is 8.28. The van der Waals surface area contributed by atoms with Crippen LogP contribution < -0.4 is 10.1 Å². The fraction of sp³-hybridized carbons (Fsp3) is 0.107. The second-order valence-corrected chi connectivity index (χ2v) is 10.5. The van der Waals surface area contributed by atoms with Gasteiger partial charge < -0.3 is 14.6 Å². The molecule has 0 bridgehead atoms. The molecule has 1 aromatic heterocycles. The van der Waals surface area contributed by atoms with E-state index in [1.54, 1.807) is 18.2 Å². The quantitative estimate of drug-likeness (QED) is 0.193. The number of fused-ring (bicyclic) bond motifs is 1. The number of aromatic nitrogens is 1. The van der Waals surface area contributed by atoms with Crippen molar-refractivity contribution in [2.75, 3.05) is 18.5 Å². The van der Waals surface area contributed by atoms with Gasteiger partial charge in [-0.2, -0.15) is 0 Å². The van der Waals surface area contributed by atoms with Gasteiger partial charge in [-0.3, -0.25) is 19.3 Å². The Balaban J connectivity index is 1.30. The topological polar surface area (TPSA) is 80.6 Å². The minimum Gasteiger partial charge on any atom is -0.492 e. The highest BCUT2D eigenvalue weighted by Gasteiger charge is 2.36. The third-order valence-corrected chi connectivity index (χ3v) is 7.38. The highest BCUT2D eigenvalue weighted by molar-refractivity contribution is 14.1. The lowest BCUT2D eigenvalue weighted by Gasteiger charge is -2.12. The highest BCUT2D eigenvalue weighted by Crippen LogP contribution is 2.34. The summed E-state index contributed by atoms with van der Waals surface area (Å²) in [4.78, 5) is 39.4. The number of anilines is 1. The molecule has 1 aliphatic heterocycles. The van der Waals surface area contributed by atoms with Crippen molar-refractivity contribution in [1.82, 2.24) is 9.47 Å². The first-order chi connectivity index (χ1) is 18.0. The van der Waals surface area contributed by atoms with Crippen LogP contribution in [0.5, 0.6) is 5.75 Å². The molecular weight excluding hydrogens is 601 g/mol. The summed E-state index contributed by atoms with van der Waals surface area (Å²) in [7, 11) is 0. The third kappa shape index (κ3) is 5.89. The van der Waals surface area contributed by atoms with Gasteiger partial charge in [-0.05, 0) is 82.9 Å². The van der Waals surface area contributed by atoms with Crippen LogP contribution in [0.25, 0.3) is 17.0 Å². The molecule has 4 aromatic rings. The predicted molar refractivity (Wildman–Crippen MR) is 154 cm³/mol. The van der Waals surface area contributed by atoms with Gasteiger partial charge in [0, 0.05) is 31.9 Å². The maximum atomic E-state index is 13.0. The number of benzene rings is 3.